The molecule has 1 aliphatic carbocycles. The Kier molecular flexibility index (Phi) is 5.51. The SMILES string of the molecule is CCN(CC)c1cc2[nH]c(-c3ccc(F)cc3)nc2cc1NC(=O)C1CCCC1. The summed E-state index contributed by atoms with van der Waals surface area (Å²) >= 11 is 0. The van der Waals surface area contributed by atoms with E-state index in [1.54, 1.807) is 12.1 Å². The van der Waals surface area contributed by atoms with Gasteiger partial charge in [-0.1, -0.05) is 12.8 Å². The molecule has 4 rings (SSSR count). The van der Waals surface area contributed by atoms with Gasteiger partial charge in [-0.15, -0.1) is 0 Å². The molecule has 1 heterocycles. The van der Waals surface area contributed by atoms with E-state index in [0.717, 1.165) is 66.7 Å². The van der Waals surface area contributed by atoms with Crippen LogP contribution in [-0.4, -0.2) is 29.0 Å². The lowest BCUT2D eigenvalue weighted by Gasteiger charge is -2.25. The number of carbonyl (C=O) groups is 1. The van der Waals surface area contributed by atoms with Crippen LogP contribution in [0.2, 0.25) is 0 Å². The van der Waals surface area contributed by atoms with Crippen LogP contribution in [0.15, 0.2) is 36.4 Å². The number of nitrogens with zero attached hydrogens (tertiary/aromatic N) is 2. The van der Waals surface area contributed by atoms with E-state index in [4.69, 9.17) is 0 Å². The Morgan fingerprint density at radius 2 is 1.86 bits per heavy atom. The van der Waals surface area contributed by atoms with Gasteiger partial charge in [-0.25, -0.2) is 9.37 Å². The third-order valence-electron chi connectivity index (χ3n) is 5.80. The first-order valence-electron chi connectivity index (χ1n) is 10.4. The van der Waals surface area contributed by atoms with Crippen molar-refractivity contribution in [2.24, 2.45) is 5.92 Å². The molecule has 29 heavy (non-hydrogen) atoms. The predicted octanol–water partition coefficient (Wildman–Crippen LogP) is 5.34. The highest BCUT2D eigenvalue weighted by molar-refractivity contribution is 5.99. The molecule has 1 fully saturated rings. The second kappa shape index (κ2) is 8.23. The Hall–Kier alpha value is -2.89. The molecule has 3 aromatic rings. The van der Waals surface area contributed by atoms with Gasteiger partial charge in [0.25, 0.3) is 0 Å². The van der Waals surface area contributed by atoms with Crippen molar-refractivity contribution in [2.45, 2.75) is 39.5 Å². The molecule has 0 atom stereocenters. The number of hydrogen-bond acceptors (Lipinski definition) is 3. The molecular formula is C23H27FN4O. The lowest BCUT2D eigenvalue weighted by molar-refractivity contribution is -0.119. The molecule has 2 aromatic carbocycles. The van der Waals surface area contributed by atoms with Gasteiger partial charge in [0.15, 0.2) is 0 Å². The van der Waals surface area contributed by atoms with E-state index in [-0.39, 0.29) is 17.6 Å². The van der Waals surface area contributed by atoms with E-state index in [1.807, 2.05) is 12.1 Å². The van der Waals surface area contributed by atoms with Crippen molar-refractivity contribution >= 4 is 28.3 Å². The van der Waals surface area contributed by atoms with E-state index < -0.39 is 0 Å². The van der Waals surface area contributed by atoms with Gasteiger partial charge in [0, 0.05) is 24.6 Å². The van der Waals surface area contributed by atoms with Gasteiger partial charge >= 0.3 is 0 Å². The zero-order chi connectivity index (χ0) is 20.4. The standard InChI is InChI=1S/C23H27FN4O/c1-3-28(4-2)21-14-19-18(13-20(21)27-23(29)16-7-5-6-8-16)25-22(26-19)15-9-11-17(24)12-10-15/h9-14,16H,3-8H2,1-2H3,(H,25,26)(H,27,29). The van der Waals surface area contributed by atoms with E-state index in [2.05, 4.69) is 34.0 Å². The first-order valence-corrected chi connectivity index (χ1v) is 10.4. The molecule has 0 spiro atoms. The summed E-state index contributed by atoms with van der Waals surface area (Å²) in [4.78, 5) is 23.0. The summed E-state index contributed by atoms with van der Waals surface area (Å²) in [5, 5.41) is 3.17. The summed E-state index contributed by atoms with van der Waals surface area (Å²) in [5.74, 6) is 0.615. The van der Waals surface area contributed by atoms with E-state index in [1.165, 1.54) is 12.1 Å². The number of fused-ring (bicyclic) bond motifs is 1. The largest absolute Gasteiger partial charge is 0.370 e. The number of amides is 1. The Labute approximate surface area is 170 Å². The number of carbonyl (C=O) groups excluding carboxylic acids is 1. The second-order valence-electron chi connectivity index (χ2n) is 7.62. The molecule has 0 bridgehead atoms. The molecule has 2 N–H and O–H groups in total. The Balaban J connectivity index is 1.74. The number of anilines is 2. The Morgan fingerprint density at radius 1 is 1.17 bits per heavy atom. The minimum atomic E-state index is -0.273. The first-order chi connectivity index (χ1) is 14.1. The van der Waals surface area contributed by atoms with Crippen molar-refractivity contribution in [1.29, 1.82) is 0 Å². The van der Waals surface area contributed by atoms with Crippen molar-refractivity contribution in [1.82, 2.24) is 9.97 Å². The van der Waals surface area contributed by atoms with Gasteiger partial charge in [-0.2, -0.15) is 0 Å². The highest BCUT2D eigenvalue weighted by Crippen LogP contribution is 2.34. The van der Waals surface area contributed by atoms with Crippen LogP contribution in [0, 0.1) is 11.7 Å². The fourth-order valence-corrected chi connectivity index (χ4v) is 4.14. The third-order valence-corrected chi connectivity index (χ3v) is 5.80. The number of hydrogen-bond donors (Lipinski definition) is 2. The summed E-state index contributed by atoms with van der Waals surface area (Å²) in [6.45, 7) is 5.89. The number of halogens is 1. The van der Waals surface area contributed by atoms with Crippen molar-refractivity contribution in [3.8, 4) is 11.4 Å². The van der Waals surface area contributed by atoms with Gasteiger partial charge in [0.05, 0.1) is 22.4 Å². The lowest BCUT2D eigenvalue weighted by atomic mass is 10.1. The van der Waals surface area contributed by atoms with Crippen LogP contribution in [0.25, 0.3) is 22.4 Å². The fourth-order valence-electron chi connectivity index (χ4n) is 4.14. The van der Waals surface area contributed by atoms with Crippen LogP contribution in [-0.2, 0) is 4.79 Å². The molecule has 1 aromatic heterocycles. The van der Waals surface area contributed by atoms with Crippen LogP contribution in [0.1, 0.15) is 39.5 Å². The van der Waals surface area contributed by atoms with Crippen molar-refractivity contribution in [3.63, 3.8) is 0 Å². The van der Waals surface area contributed by atoms with Crippen LogP contribution >= 0.6 is 0 Å². The maximum Gasteiger partial charge on any atom is 0.227 e. The van der Waals surface area contributed by atoms with E-state index in [9.17, 15) is 9.18 Å². The average Bonchev–Trinajstić information content (AvgIpc) is 3.39. The van der Waals surface area contributed by atoms with Crippen LogP contribution < -0.4 is 10.2 Å². The smallest absolute Gasteiger partial charge is 0.227 e. The van der Waals surface area contributed by atoms with Gasteiger partial charge < -0.3 is 15.2 Å². The molecule has 6 heteroatoms. The second-order valence-corrected chi connectivity index (χ2v) is 7.62. The highest BCUT2D eigenvalue weighted by Gasteiger charge is 2.24. The molecule has 1 saturated carbocycles. The molecule has 5 nitrogen and oxygen atoms in total. The summed E-state index contributed by atoms with van der Waals surface area (Å²) in [5.41, 5.74) is 4.29. The summed E-state index contributed by atoms with van der Waals surface area (Å²) in [6.07, 6.45) is 4.18. The summed E-state index contributed by atoms with van der Waals surface area (Å²) < 4.78 is 13.3. The van der Waals surface area contributed by atoms with Crippen LogP contribution in [0.4, 0.5) is 15.8 Å². The topological polar surface area (TPSA) is 61.0 Å². The van der Waals surface area contributed by atoms with Gasteiger partial charge in [-0.05, 0) is 63.1 Å². The molecule has 1 amide bonds. The molecule has 0 saturated heterocycles. The average molecular weight is 394 g/mol. The number of nitrogens with one attached hydrogen (secondary N) is 2. The van der Waals surface area contributed by atoms with Crippen molar-refractivity contribution in [2.75, 3.05) is 23.3 Å². The zero-order valence-electron chi connectivity index (χ0n) is 17.0. The van der Waals surface area contributed by atoms with Crippen molar-refractivity contribution < 1.29 is 9.18 Å². The number of aromatic amines is 1. The van der Waals surface area contributed by atoms with Gasteiger partial charge in [0.2, 0.25) is 5.91 Å². The summed E-state index contributed by atoms with van der Waals surface area (Å²) in [6, 6.07) is 10.3. The van der Waals surface area contributed by atoms with Crippen LogP contribution in [0.3, 0.4) is 0 Å². The molecule has 0 radical (unpaired) electrons. The predicted molar refractivity (Wildman–Crippen MR) is 116 cm³/mol. The number of H-pyrrole nitrogens is 1. The van der Waals surface area contributed by atoms with Crippen LogP contribution in [0.5, 0.6) is 0 Å². The molecular weight excluding hydrogens is 367 g/mol. The Bertz CT molecular complexity index is 1000. The number of aromatic nitrogens is 2. The third kappa shape index (κ3) is 3.97. The van der Waals surface area contributed by atoms with Crippen molar-refractivity contribution in [3.05, 3.63) is 42.2 Å². The number of imidazole rings is 1. The van der Waals surface area contributed by atoms with E-state index >= 15 is 0 Å². The molecule has 152 valence electrons. The quantitative estimate of drug-likeness (QED) is 0.593. The zero-order valence-corrected chi connectivity index (χ0v) is 17.0. The monoisotopic (exact) mass is 394 g/mol. The Morgan fingerprint density at radius 3 is 2.52 bits per heavy atom. The minimum absolute atomic E-state index is 0.101. The maximum atomic E-state index is 13.3. The molecule has 1 aliphatic rings. The maximum absolute atomic E-state index is 13.3. The van der Waals surface area contributed by atoms with Gasteiger partial charge in [-0.3, -0.25) is 4.79 Å². The fraction of sp³-hybridized carbons (Fsp3) is 0.391. The normalized spacial score (nSPS) is 14.4. The number of benzene rings is 2. The number of rotatable bonds is 6. The van der Waals surface area contributed by atoms with E-state index in [0.29, 0.717) is 5.82 Å². The highest BCUT2D eigenvalue weighted by atomic mass is 19.1. The first kappa shape index (κ1) is 19.4. The molecule has 0 unspecified atom stereocenters. The minimum Gasteiger partial charge on any atom is -0.370 e. The van der Waals surface area contributed by atoms with Gasteiger partial charge in [0.1, 0.15) is 11.6 Å². The lowest BCUT2D eigenvalue weighted by Crippen LogP contribution is -2.26. The summed E-state index contributed by atoms with van der Waals surface area (Å²) in [7, 11) is 0. The molecule has 0 aliphatic heterocycles.